The van der Waals surface area contributed by atoms with Crippen LogP contribution in [-0.4, -0.2) is 53.1 Å². The van der Waals surface area contributed by atoms with E-state index in [9.17, 15) is 14.7 Å². The van der Waals surface area contributed by atoms with Gasteiger partial charge in [0.2, 0.25) is 5.91 Å². The maximum Gasteiger partial charge on any atom is 0.321 e. The summed E-state index contributed by atoms with van der Waals surface area (Å²) in [7, 11) is 1.81. The van der Waals surface area contributed by atoms with Crippen LogP contribution in [0.3, 0.4) is 0 Å². The number of likely N-dealkylation sites (N-methyl/N-ethyl adjacent to an activating group) is 1. The zero-order chi connectivity index (χ0) is 24.2. The Bertz CT molecular complexity index is 1010. The smallest absolute Gasteiger partial charge is 0.321 e. The molecule has 0 spiro atoms. The molecule has 0 bridgehead atoms. The first-order valence-corrected chi connectivity index (χ1v) is 11.6. The Morgan fingerprint density at radius 2 is 1.32 bits per heavy atom. The van der Waals surface area contributed by atoms with E-state index < -0.39 is 12.0 Å². The second-order valence-electron chi connectivity index (χ2n) is 8.44. The normalized spacial score (nSPS) is 12.0. The molecule has 1 atom stereocenters. The third-order valence-electron chi connectivity index (χ3n) is 5.75. The lowest BCUT2D eigenvalue weighted by molar-refractivity contribution is -0.144. The highest BCUT2D eigenvalue weighted by molar-refractivity contribution is 5.75. The molecule has 0 aromatic heterocycles. The number of aryl methyl sites for hydroxylation is 1. The Morgan fingerprint density at radius 1 is 0.794 bits per heavy atom. The molecule has 3 aromatic rings. The Labute approximate surface area is 201 Å². The van der Waals surface area contributed by atoms with E-state index in [1.165, 1.54) is 0 Å². The molecule has 3 aromatic carbocycles. The Hall–Kier alpha value is -3.48. The van der Waals surface area contributed by atoms with Crippen LogP contribution in [0.5, 0.6) is 0 Å². The van der Waals surface area contributed by atoms with Crippen LogP contribution in [0.15, 0.2) is 91.0 Å². The van der Waals surface area contributed by atoms with Crippen molar-refractivity contribution >= 4 is 11.9 Å². The van der Waals surface area contributed by atoms with Crippen LogP contribution in [0.2, 0.25) is 0 Å². The first-order chi connectivity index (χ1) is 16.5. The molecular formula is C28H33N3O3. The Balaban J connectivity index is 1.60. The number of amides is 1. The molecular weight excluding hydrogens is 426 g/mol. The number of hydrazine groups is 1. The number of nitrogens with one attached hydrogen (secondary N) is 1. The van der Waals surface area contributed by atoms with Gasteiger partial charge in [0.1, 0.15) is 6.04 Å². The third kappa shape index (κ3) is 8.46. The van der Waals surface area contributed by atoms with Gasteiger partial charge in [-0.15, -0.1) is 0 Å². The van der Waals surface area contributed by atoms with E-state index in [0.717, 1.165) is 16.7 Å². The number of carbonyl (C=O) groups is 2. The largest absolute Gasteiger partial charge is 0.480 e. The molecule has 0 saturated heterocycles. The first-order valence-electron chi connectivity index (χ1n) is 11.6. The number of benzene rings is 3. The minimum Gasteiger partial charge on any atom is -0.480 e. The number of carbonyl (C=O) groups excluding carboxylic acids is 1. The predicted molar refractivity (Wildman–Crippen MR) is 134 cm³/mol. The zero-order valence-electron chi connectivity index (χ0n) is 19.6. The molecule has 0 saturated carbocycles. The second-order valence-corrected chi connectivity index (χ2v) is 8.44. The van der Waals surface area contributed by atoms with Crippen LogP contribution in [0.1, 0.15) is 23.1 Å². The number of carboxylic acids is 1. The molecule has 0 aliphatic rings. The van der Waals surface area contributed by atoms with Crippen molar-refractivity contribution < 1.29 is 14.7 Å². The molecule has 0 fully saturated rings. The number of carboxylic acid groups (broad SMARTS) is 1. The molecule has 6 heteroatoms. The van der Waals surface area contributed by atoms with Gasteiger partial charge in [0, 0.05) is 33.1 Å². The lowest BCUT2D eigenvalue weighted by Gasteiger charge is -2.31. The van der Waals surface area contributed by atoms with Crippen molar-refractivity contribution in [2.24, 2.45) is 0 Å². The van der Waals surface area contributed by atoms with Gasteiger partial charge in [-0.2, -0.15) is 0 Å². The summed E-state index contributed by atoms with van der Waals surface area (Å²) in [5.74, 6) is -0.908. The molecule has 178 valence electrons. The van der Waals surface area contributed by atoms with Crippen molar-refractivity contribution in [3.8, 4) is 0 Å². The number of hydrogen-bond donors (Lipinski definition) is 2. The van der Waals surface area contributed by atoms with Crippen molar-refractivity contribution in [2.45, 2.75) is 31.8 Å². The maximum atomic E-state index is 12.4. The van der Waals surface area contributed by atoms with Crippen LogP contribution in [-0.2, 0) is 29.0 Å². The Morgan fingerprint density at radius 3 is 1.88 bits per heavy atom. The fourth-order valence-electron chi connectivity index (χ4n) is 3.88. The van der Waals surface area contributed by atoms with Gasteiger partial charge in [-0.05, 0) is 29.5 Å². The lowest BCUT2D eigenvalue weighted by atomic mass is 10.0. The topological polar surface area (TPSA) is 72.9 Å². The van der Waals surface area contributed by atoms with E-state index in [4.69, 9.17) is 0 Å². The average molecular weight is 460 g/mol. The Kier molecular flexibility index (Phi) is 9.82. The van der Waals surface area contributed by atoms with Gasteiger partial charge in [-0.1, -0.05) is 91.0 Å². The highest BCUT2D eigenvalue weighted by Gasteiger charge is 2.26. The number of aliphatic carboxylic acids is 1. The van der Waals surface area contributed by atoms with Gasteiger partial charge in [-0.25, -0.2) is 5.01 Å². The van der Waals surface area contributed by atoms with Gasteiger partial charge in [0.25, 0.3) is 0 Å². The van der Waals surface area contributed by atoms with Crippen molar-refractivity contribution in [1.29, 1.82) is 0 Å². The van der Waals surface area contributed by atoms with E-state index in [1.54, 1.807) is 5.01 Å². The zero-order valence-corrected chi connectivity index (χ0v) is 19.6. The van der Waals surface area contributed by atoms with E-state index in [1.807, 2.05) is 103 Å². The van der Waals surface area contributed by atoms with Gasteiger partial charge in [0.15, 0.2) is 0 Å². The van der Waals surface area contributed by atoms with Gasteiger partial charge >= 0.3 is 5.97 Å². The van der Waals surface area contributed by atoms with Crippen molar-refractivity contribution in [3.05, 3.63) is 108 Å². The van der Waals surface area contributed by atoms with Crippen LogP contribution in [0.25, 0.3) is 0 Å². The first kappa shape index (κ1) is 25.1. The van der Waals surface area contributed by atoms with E-state index in [0.29, 0.717) is 38.9 Å². The summed E-state index contributed by atoms with van der Waals surface area (Å²) >= 11 is 0. The van der Waals surface area contributed by atoms with Crippen LogP contribution < -0.4 is 5.43 Å². The molecule has 0 aliphatic carbocycles. The van der Waals surface area contributed by atoms with Gasteiger partial charge < -0.3 is 5.11 Å². The summed E-state index contributed by atoms with van der Waals surface area (Å²) in [5.41, 5.74) is 6.07. The summed E-state index contributed by atoms with van der Waals surface area (Å²) in [6.07, 6.45) is 1.49. The fraction of sp³-hybridized carbons (Fsp3) is 0.286. The van der Waals surface area contributed by atoms with Crippen molar-refractivity contribution in [1.82, 2.24) is 15.3 Å². The molecule has 1 amide bonds. The van der Waals surface area contributed by atoms with E-state index in [-0.39, 0.29) is 5.91 Å². The van der Waals surface area contributed by atoms with Crippen LogP contribution in [0, 0.1) is 0 Å². The van der Waals surface area contributed by atoms with Crippen molar-refractivity contribution in [3.63, 3.8) is 0 Å². The molecule has 0 heterocycles. The summed E-state index contributed by atoms with van der Waals surface area (Å²) in [5, 5.41) is 11.8. The molecule has 34 heavy (non-hydrogen) atoms. The average Bonchev–Trinajstić information content (AvgIpc) is 2.86. The standard InChI is InChI=1S/C28H33N3O3/c1-30(29-27(32)18-17-23-11-5-2-6-12-23)19-20-31(22-25-15-9-4-10-16-25)26(28(33)34)21-24-13-7-3-8-14-24/h2-16,26H,17-22H2,1H3,(H,29,32)(H,33,34)/t26-/m0/s1. The minimum atomic E-state index is -0.852. The molecule has 0 radical (unpaired) electrons. The third-order valence-corrected chi connectivity index (χ3v) is 5.75. The monoisotopic (exact) mass is 459 g/mol. The summed E-state index contributed by atoms with van der Waals surface area (Å²) in [6, 6.07) is 28.8. The molecule has 0 aliphatic heterocycles. The number of nitrogens with zero attached hydrogens (tertiary/aromatic N) is 2. The molecule has 0 unspecified atom stereocenters. The highest BCUT2D eigenvalue weighted by atomic mass is 16.4. The molecule has 3 rings (SSSR count). The summed E-state index contributed by atoms with van der Waals surface area (Å²) in [6.45, 7) is 1.51. The van der Waals surface area contributed by atoms with Crippen LogP contribution >= 0.6 is 0 Å². The minimum absolute atomic E-state index is 0.0555. The number of hydrogen-bond acceptors (Lipinski definition) is 4. The number of rotatable bonds is 13. The molecule has 6 nitrogen and oxygen atoms in total. The quantitative estimate of drug-likeness (QED) is 0.381. The lowest BCUT2D eigenvalue weighted by Crippen LogP contribution is -2.48. The van der Waals surface area contributed by atoms with Crippen molar-refractivity contribution in [2.75, 3.05) is 20.1 Å². The highest BCUT2D eigenvalue weighted by Crippen LogP contribution is 2.14. The van der Waals surface area contributed by atoms with Gasteiger partial charge in [-0.3, -0.25) is 19.9 Å². The SMILES string of the molecule is CN(CCN(Cc1ccccc1)[C@@H](Cc1ccccc1)C(=O)O)NC(=O)CCc1ccccc1. The van der Waals surface area contributed by atoms with E-state index in [2.05, 4.69) is 5.43 Å². The van der Waals surface area contributed by atoms with E-state index >= 15 is 0 Å². The summed E-state index contributed by atoms with van der Waals surface area (Å²) in [4.78, 5) is 26.6. The summed E-state index contributed by atoms with van der Waals surface area (Å²) < 4.78 is 0. The second kappa shape index (κ2) is 13.3. The fourth-order valence-corrected chi connectivity index (χ4v) is 3.88. The predicted octanol–water partition coefficient (Wildman–Crippen LogP) is 3.78. The molecule has 2 N–H and O–H groups in total. The van der Waals surface area contributed by atoms with Crippen LogP contribution in [0.4, 0.5) is 0 Å². The van der Waals surface area contributed by atoms with Gasteiger partial charge in [0.05, 0.1) is 0 Å². The maximum absolute atomic E-state index is 12.4.